The number of hydrogen-bond acceptors (Lipinski definition) is 4. The zero-order valence-corrected chi connectivity index (χ0v) is 22.2. The fourth-order valence-electron chi connectivity index (χ4n) is 4.54. The van der Waals surface area contributed by atoms with Crippen molar-refractivity contribution < 1.29 is 18.8 Å². The fourth-order valence-corrected chi connectivity index (χ4v) is 5.60. The van der Waals surface area contributed by atoms with Gasteiger partial charge in [0.1, 0.15) is 12.4 Å². The van der Waals surface area contributed by atoms with E-state index in [9.17, 15) is 18.8 Å². The van der Waals surface area contributed by atoms with Crippen molar-refractivity contribution in [3.63, 3.8) is 0 Å². The second-order valence-electron chi connectivity index (χ2n) is 9.12. The summed E-state index contributed by atoms with van der Waals surface area (Å²) in [6.07, 6.45) is 3.43. The van der Waals surface area contributed by atoms with Crippen molar-refractivity contribution in [2.75, 3.05) is 11.9 Å². The van der Waals surface area contributed by atoms with Gasteiger partial charge in [-0.05, 0) is 73.1 Å². The molecule has 2 heterocycles. The Balaban J connectivity index is 1.39. The Labute approximate surface area is 228 Å². The van der Waals surface area contributed by atoms with E-state index in [1.807, 2.05) is 60.9 Å². The monoisotopic (exact) mass is 547 g/mol. The minimum Gasteiger partial charge on any atom is -0.342 e. The Morgan fingerprint density at radius 3 is 2.53 bits per heavy atom. The van der Waals surface area contributed by atoms with Crippen LogP contribution in [0.25, 0.3) is 17.0 Å². The van der Waals surface area contributed by atoms with Crippen molar-refractivity contribution in [1.82, 2.24) is 9.47 Å². The zero-order valence-electron chi connectivity index (χ0n) is 20.6. The standard InChI is InChI=1S/C29H23ClFN3O3S/c1-17-10-18(2)12-20(11-17)32-27(35)16-34-28(36)26(38-29(34)37)13-19-14-33(25-9-4-3-6-21(19)25)15-22-23(30)7-5-8-24(22)31/h3-14H,15-16H2,1-2H3,(H,32,35)/b26-13+. The second-order valence-corrected chi connectivity index (χ2v) is 10.5. The highest BCUT2D eigenvalue weighted by Crippen LogP contribution is 2.34. The number of nitrogens with one attached hydrogen (secondary N) is 1. The summed E-state index contributed by atoms with van der Waals surface area (Å²) in [6, 6.07) is 17.7. The van der Waals surface area contributed by atoms with Crippen LogP contribution in [0.3, 0.4) is 0 Å². The fraction of sp³-hybridized carbons (Fsp3) is 0.138. The van der Waals surface area contributed by atoms with E-state index in [1.54, 1.807) is 24.4 Å². The Bertz CT molecular complexity index is 1610. The molecule has 1 saturated heterocycles. The molecule has 0 atom stereocenters. The van der Waals surface area contributed by atoms with Crippen molar-refractivity contribution >= 4 is 63.1 Å². The second kappa shape index (κ2) is 10.5. The Hall–Kier alpha value is -3.88. The average Bonchev–Trinajstić information content (AvgIpc) is 3.33. The van der Waals surface area contributed by atoms with Crippen molar-refractivity contribution in [2.24, 2.45) is 0 Å². The molecular formula is C29H23ClFN3O3S. The number of fused-ring (bicyclic) bond motifs is 1. The maximum atomic E-state index is 14.5. The highest BCUT2D eigenvalue weighted by molar-refractivity contribution is 8.18. The summed E-state index contributed by atoms with van der Waals surface area (Å²) in [7, 11) is 0. The number of aryl methyl sites for hydroxylation is 2. The molecule has 38 heavy (non-hydrogen) atoms. The molecule has 4 aromatic rings. The third kappa shape index (κ3) is 5.23. The summed E-state index contributed by atoms with van der Waals surface area (Å²) < 4.78 is 16.3. The van der Waals surface area contributed by atoms with Crippen LogP contribution in [0.4, 0.5) is 14.9 Å². The minimum atomic E-state index is -0.537. The van der Waals surface area contributed by atoms with Gasteiger partial charge in [0.05, 0.1) is 11.4 Å². The number of imide groups is 1. The number of halogens is 2. The first-order chi connectivity index (χ1) is 18.2. The maximum Gasteiger partial charge on any atom is 0.294 e. The van der Waals surface area contributed by atoms with Gasteiger partial charge in [0.25, 0.3) is 11.1 Å². The molecule has 9 heteroatoms. The molecule has 1 fully saturated rings. The normalized spacial score (nSPS) is 14.6. The van der Waals surface area contributed by atoms with E-state index in [0.29, 0.717) is 21.8 Å². The minimum absolute atomic E-state index is 0.194. The highest BCUT2D eigenvalue weighted by atomic mass is 35.5. The molecule has 0 spiro atoms. The molecule has 0 unspecified atom stereocenters. The van der Waals surface area contributed by atoms with Gasteiger partial charge in [-0.2, -0.15) is 0 Å². The topological polar surface area (TPSA) is 71.4 Å². The smallest absolute Gasteiger partial charge is 0.294 e. The van der Waals surface area contributed by atoms with Gasteiger partial charge in [0, 0.05) is 38.9 Å². The number of carbonyl (C=O) groups excluding carboxylic acids is 3. The van der Waals surface area contributed by atoms with Crippen LogP contribution >= 0.6 is 23.4 Å². The molecular weight excluding hydrogens is 525 g/mol. The van der Waals surface area contributed by atoms with Crippen molar-refractivity contribution in [3.05, 3.63) is 105 Å². The largest absolute Gasteiger partial charge is 0.342 e. The molecule has 3 amide bonds. The lowest BCUT2D eigenvalue weighted by molar-refractivity contribution is -0.127. The van der Waals surface area contributed by atoms with E-state index in [-0.39, 0.29) is 18.0 Å². The third-order valence-corrected chi connectivity index (χ3v) is 7.44. The average molecular weight is 548 g/mol. The van der Waals surface area contributed by atoms with Crippen molar-refractivity contribution in [1.29, 1.82) is 0 Å². The van der Waals surface area contributed by atoms with E-state index in [2.05, 4.69) is 5.32 Å². The number of amides is 3. The van der Waals surface area contributed by atoms with Crippen LogP contribution < -0.4 is 5.32 Å². The van der Waals surface area contributed by atoms with Crippen LogP contribution in [-0.4, -0.2) is 33.1 Å². The van der Waals surface area contributed by atoms with E-state index in [0.717, 1.165) is 38.7 Å². The lowest BCUT2D eigenvalue weighted by Gasteiger charge is -2.13. The van der Waals surface area contributed by atoms with Crippen LogP contribution in [0.5, 0.6) is 0 Å². The zero-order chi connectivity index (χ0) is 27.0. The van der Waals surface area contributed by atoms with Crippen LogP contribution in [0, 0.1) is 19.7 Å². The van der Waals surface area contributed by atoms with E-state index < -0.39 is 22.9 Å². The predicted octanol–water partition coefficient (Wildman–Crippen LogP) is 6.77. The molecule has 0 radical (unpaired) electrons. The maximum absolute atomic E-state index is 14.5. The lowest BCUT2D eigenvalue weighted by Crippen LogP contribution is -2.36. The molecule has 1 aliphatic heterocycles. The summed E-state index contributed by atoms with van der Waals surface area (Å²) in [5.74, 6) is -1.40. The summed E-state index contributed by atoms with van der Waals surface area (Å²) >= 11 is 7.03. The first-order valence-electron chi connectivity index (χ1n) is 11.8. The lowest BCUT2D eigenvalue weighted by atomic mass is 10.1. The number of hydrogen-bond donors (Lipinski definition) is 1. The number of nitrogens with zero attached hydrogens (tertiary/aromatic N) is 2. The van der Waals surface area contributed by atoms with Crippen LogP contribution in [0.1, 0.15) is 22.3 Å². The Morgan fingerprint density at radius 1 is 1.05 bits per heavy atom. The molecule has 6 nitrogen and oxygen atoms in total. The predicted molar refractivity (Wildman–Crippen MR) is 150 cm³/mol. The molecule has 1 aromatic heterocycles. The first kappa shape index (κ1) is 25.8. The SMILES string of the molecule is Cc1cc(C)cc(NC(=O)CN2C(=O)S/C(=C/c3cn(Cc4c(F)cccc4Cl)c4ccccc34)C2=O)c1. The molecule has 3 aromatic carbocycles. The Kier molecular flexibility index (Phi) is 7.10. The Morgan fingerprint density at radius 2 is 1.79 bits per heavy atom. The summed E-state index contributed by atoms with van der Waals surface area (Å²) in [5, 5.41) is 3.40. The van der Waals surface area contributed by atoms with Gasteiger partial charge in [0.2, 0.25) is 5.91 Å². The van der Waals surface area contributed by atoms with Crippen LogP contribution in [0.2, 0.25) is 5.02 Å². The van der Waals surface area contributed by atoms with E-state index in [1.165, 1.54) is 6.07 Å². The number of aromatic nitrogens is 1. The quantitative estimate of drug-likeness (QED) is 0.270. The first-order valence-corrected chi connectivity index (χ1v) is 13.0. The number of carbonyl (C=O) groups is 3. The number of thioether (sulfide) groups is 1. The third-order valence-electron chi connectivity index (χ3n) is 6.18. The van der Waals surface area contributed by atoms with E-state index in [4.69, 9.17) is 11.6 Å². The summed E-state index contributed by atoms with van der Waals surface area (Å²) in [6.45, 7) is 3.65. The number of para-hydroxylation sites is 1. The van der Waals surface area contributed by atoms with Crippen LogP contribution in [-0.2, 0) is 16.1 Å². The highest BCUT2D eigenvalue weighted by Gasteiger charge is 2.36. The summed E-state index contributed by atoms with van der Waals surface area (Å²) in [4.78, 5) is 39.5. The van der Waals surface area contributed by atoms with Gasteiger partial charge in [-0.15, -0.1) is 0 Å². The van der Waals surface area contributed by atoms with Crippen molar-refractivity contribution in [3.8, 4) is 0 Å². The number of anilines is 1. The van der Waals surface area contributed by atoms with Crippen molar-refractivity contribution in [2.45, 2.75) is 20.4 Å². The van der Waals surface area contributed by atoms with E-state index >= 15 is 0 Å². The van der Waals surface area contributed by atoms with Gasteiger partial charge in [0.15, 0.2) is 0 Å². The van der Waals surface area contributed by atoms with Crippen LogP contribution in [0.15, 0.2) is 71.8 Å². The molecule has 1 N–H and O–H groups in total. The molecule has 1 aliphatic rings. The number of benzene rings is 3. The molecule has 5 rings (SSSR count). The molecule has 0 bridgehead atoms. The van der Waals surface area contributed by atoms with Gasteiger partial charge in [-0.1, -0.05) is 41.9 Å². The van der Waals surface area contributed by atoms with Gasteiger partial charge in [-0.3, -0.25) is 19.3 Å². The number of rotatable bonds is 6. The molecule has 0 aliphatic carbocycles. The van der Waals surface area contributed by atoms with Gasteiger partial charge >= 0.3 is 0 Å². The molecule has 192 valence electrons. The summed E-state index contributed by atoms with van der Waals surface area (Å²) in [5.41, 5.74) is 4.47. The molecule has 0 saturated carbocycles. The van der Waals surface area contributed by atoms with Gasteiger partial charge < -0.3 is 9.88 Å². The van der Waals surface area contributed by atoms with Gasteiger partial charge in [-0.25, -0.2) is 4.39 Å².